The lowest BCUT2D eigenvalue weighted by atomic mass is 9.87. The Hall–Kier alpha value is -1.83. The molecule has 1 nitrogen and oxygen atoms in total. The van der Waals surface area contributed by atoms with Gasteiger partial charge in [0.05, 0.1) is 0 Å². The average Bonchev–Trinajstić information content (AvgIpc) is 2.39. The number of rotatable bonds is 3. The van der Waals surface area contributed by atoms with Gasteiger partial charge in [-0.25, -0.2) is 4.39 Å². The molecule has 1 N–H and O–H groups in total. The van der Waals surface area contributed by atoms with Gasteiger partial charge in [-0.05, 0) is 41.2 Å². The van der Waals surface area contributed by atoms with Crippen molar-refractivity contribution in [3.05, 3.63) is 65.0 Å². The third-order valence-electron chi connectivity index (χ3n) is 3.50. The predicted molar refractivity (Wildman–Crippen MR) is 83.6 cm³/mol. The Bertz CT molecular complexity index is 579. The van der Waals surface area contributed by atoms with Crippen LogP contribution in [0.3, 0.4) is 0 Å². The van der Waals surface area contributed by atoms with Crippen molar-refractivity contribution in [2.45, 2.75) is 39.7 Å². The molecule has 0 atom stereocenters. The average molecular weight is 271 g/mol. The first-order chi connectivity index (χ1) is 9.36. The van der Waals surface area contributed by atoms with E-state index in [9.17, 15) is 4.39 Å². The molecule has 0 aliphatic carbocycles. The first-order valence-electron chi connectivity index (χ1n) is 6.96. The van der Waals surface area contributed by atoms with Crippen molar-refractivity contribution in [3.63, 3.8) is 0 Å². The van der Waals surface area contributed by atoms with Crippen LogP contribution in [-0.4, -0.2) is 0 Å². The molecule has 106 valence electrons. The molecule has 0 unspecified atom stereocenters. The molecule has 0 amide bonds. The fraction of sp³-hybridized carbons (Fsp3) is 0.333. The van der Waals surface area contributed by atoms with Crippen molar-refractivity contribution in [1.29, 1.82) is 0 Å². The maximum absolute atomic E-state index is 13.2. The van der Waals surface area contributed by atoms with E-state index in [0.29, 0.717) is 6.54 Å². The summed E-state index contributed by atoms with van der Waals surface area (Å²) < 4.78 is 13.2. The zero-order chi connectivity index (χ0) is 14.8. The molecule has 2 aromatic carbocycles. The van der Waals surface area contributed by atoms with Crippen molar-refractivity contribution >= 4 is 5.69 Å². The van der Waals surface area contributed by atoms with Crippen LogP contribution in [0.5, 0.6) is 0 Å². The molecule has 0 heterocycles. The fourth-order valence-electron chi connectivity index (χ4n) is 2.10. The minimum absolute atomic E-state index is 0.172. The van der Waals surface area contributed by atoms with Crippen LogP contribution in [0.25, 0.3) is 0 Å². The molecule has 2 aromatic rings. The zero-order valence-electron chi connectivity index (χ0n) is 12.6. The maximum atomic E-state index is 13.2. The first-order valence-corrected chi connectivity index (χ1v) is 6.96. The van der Waals surface area contributed by atoms with Gasteiger partial charge in [0.2, 0.25) is 0 Å². The van der Waals surface area contributed by atoms with E-state index >= 15 is 0 Å². The summed E-state index contributed by atoms with van der Waals surface area (Å²) in [6.07, 6.45) is 0. The van der Waals surface area contributed by atoms with Crippen molar-refractivity contribution in [2.24, 2.45) is 0 Å². The number of nitrogens with one attached hydrogen (secondary N) is 1. The van der Waals surface area contributed by atoms with E-state index in [0.717, 1.165) is 11.3 Å². The number of hydrogen-bond acceptors (Lipinski definition) is 1. The lowest BCUT2D eigenvalue weighted by Gasteiger charge is -2.19. The molecule has 0 saturated heterocycles. The summed E-state index contributed by atoms with van der Waals surface area (Å²) in [5.41, 5.74) is 4.60. The van der Waals surface area contributed by atoms with E-state index in [-0.39, 0.29) is 11.2 Å². The van der Waals surface area contributed by atoms with Gasteiger partial charge in [0, 0.05) is 12.2 Å². The van der Waals surface area contributed by atoms with Gasteiger partial charge >= 0.3 is 0 Å². The van der Waals surface area contributed by atoms with Crippen LogP contribution in [0.1, 0.15) is 37.5 Å². The standard InChI is InChI=1S/C18H22FN/c1-13-5-10-16(19)11-17(13)20-12-14-6-8-15(9-7-14)18(2,3)4/h5-11,20H,12H2,1-4H3. The Morgan fingerprint density at radius 3 is 2.25 bits per heavy atom. The van der Waals surface area contributed by atoms with Gasteiger partial charge < -0.3 is 5.32 Å². The highest BCUT2D eigenvalue weighted by atomic mass is 19.1. The normalized spacial score (nSPS) is 11.4. The number of hydrogen-bond donors (Lipinski definition) is 1. The zero-order valence-corrected chi connectivity index (χ0v) is 12.6. The number of anilines is 1. The maximum Gasteiger partial charge on any atom is 0.125 e. The van der Waals surface area contributed by atoms with E-state index in [4.69, 9.17) is 0 Å². The summed E-state index contributed by atoms with van der Waals surface area (Å²) in [6.45, 7) is 9.29. The molecule has 0 bridgehead atoms. The van der Waals surface area contributed by atoms with Gasteiger partial charge in [0.15, 0.2) is 0 Å². The highest BCUT2D eigenvalue weighted by Crippen LogP contribution is 2.23. The summed E-state index contributed by atoms with van der Waals surface area (Å²) in [4.78, 5) is 0. The molecule has 20 heavy (non-hydrogen) atoms. The SMILES string of the molecule is Cc1ccc(F)cc1NCc1ccc(C(C)(C)C)cc1. The Morgan fingerprint density at radius 1 is 1.00 bits per heavy atom. The number of aryl methyl sites for hydroxylation is 1. The molecule has 2 rings (SSSR count). The summed E-state index contributed by atoms with van der Waals surface area (Å²) in [5, 5.41) is 3.29. The molecule has 2 heteroatoms. The van der Waals surface area contributed by atoms with Gasteiger partial charge in [0.1, 0.15) is 5.82 Å². The second-order valence-corrected chi connectivity index (χ2v) is 6.26. The lowest BCUT2D eigenvalue weighted by Crippen LogP contribution is -2.11. The number of halogens is 1. The van der Waals surface area contributed by atoms with E-state index in [1.54, 1.807) is 12.1 Å². The molecule has 0 aliphatic rings. The van der Waals surface area contributed by atoms with Crippen LogP contribution in [-0.2, 0) is 12.0 Å². The van der Waals surface area contributed by atoms with Crippen molar-refractivity contribution in [2.75, 3.05) is 5.32 Å². The van der Waals surface area contributed by atoms with Gasteiger partial charge in [-0.15, -0.1) is 0 Å². The van der Waals surface area contributed by atoms with Crippen LogP contribution < -0.4 is 5.32 Å². The Kier molecular flexibility index (Phi) is 4.12. The molecular weight excluding hydrogens is 249 g/mol. The highest BCUT2D eigenvalue weighted by Gasteiger charge is 2.12. The molecule has 0 spiro atoms. The smallest absolute Gasteiger partial charge is 0.125 e. The largest absolute Gasteiger partial charge is 0.381 e. The third-order valence-corrected chi connectivity index (χ3v) is 3.50. The monoisotopic (exact) mass is 271 g/mol. The van der Waals surface area contributed by atoms with Gasteiger partial charge in [0.25, 0.3) is 0 Å². The van der Waals surface area contributed by atoms with E-state index in [2.05, 4.69) is 50.4 Å². The van der Waals surface area contributed by atoms with Crippen molar-refractivity contribution in [3.8, 4) is 0 Å². The van der Waals surface area contributed by atoms with E-state index < -0.39 is 0 Å². The van der Waals surface area contributed by atoms with Crippen LogP contribution >= 0.6 is 0 Å². The Morgan fingerprint density at radius 2 is 1.65 bits per heavy atom. The summed E-state index contributed by atoms with van der Waals surface area (Å²) >= 11 is 0. The third kappa shape index (κ3) is 3.60. The summed E-state index contributed by atoms with van der Waals surface area (Å²) in [7, 11) is 0. The second-order valence-electron chi connectivity index (χ2n) is 6.26. The lowest BCUT2D eigenvalue weighted by molar-refractivity contribution is 0.590. The highest BCUT2D eigenvalue weighted by molar-refractivity contribution is 5.51. The van der Waals surface area contributed by atoms with E-state index in [1.165, 1.54) is 17.2 Å². The van der Waals surface area contributed by atoms with Crippen molar-refractivity contribution in [1.82, 2.24) is 0 Å². The minimum atomic E-state index is -0.207. The Labute approximate surface area is 120 Å². The van der Waals surface area contributed by atoms with Crippen LogP contribution in [0.2, 0.25) is 0 Å². The molecule has 0 aliphatic heterocycles. The molecule has 0 aromatic heterocycles. The first kappa shape index (κ1) is 14.6. The second kappa shape index (κ2) is 5.66. The van der Waals surface area contributed by atoms with E-state index in [1.807, 2.05) is 6.92 Å². The van der Waals surface area contributed by atoms with Crippen LogP contribution in [0, 0.1) is 12.7 Å². The molecule has 0 fully saturated rings. The van der Waals surface area contributed by atoms with Gasteiger partial charge in [-0.2, -0.15) is 0 Å². The fourth-order valence-corrected chi connectivity index (χ4v) is 2.10. The Balaban J connectivity index is 2.06. The van der Waals surface area contributed by atoms with Gasteiger partial charge in [-0.1, -0.05) is 51.1 Å². The topological polar surface area (TPSA) is 12.0 Å². The summed E-state index contributed by atoms with van der Waals surface area (Å²) in [6, 6.07) is 13.4. The molecule has 0 saturated carbocycles. The predicted octanol–water partition coefficient (Wildman–Crippen LogP) is 5.04. The van der Waals surface area contributed by atoms with Crippen LogP contribution in [0.4, 0.5) is 10.1 Å². The summed E-state index contributed by atoms with van der Waals surface area (Å²) in [5.74, 6) is -0.207. The van der Waals surface area contributed by atoms with Crippen molar-refractivity contribution < 1.29 is 4.39 Å². The number of benzene rings is 2. The van der Waals surface area contributed by atoms with Crippen LogP contribution in [0.15, 0.2) is 42.5 Å². The minimum Gasteiger partial charge on any atom is -0.381 e. The molecule has 0 radical (unpaired) electrons. The molecular formula is C18H22FN. The quantitative estimate of drug-likeness (QED) is 0.824. The van der Waals surface area contributed by atoms with Gasteiger partial charge in [-0.3, -0.25) is 0 Å².